The summed E-state index contributed by atoms with van der Waals surface area (Å²) in [6.45, 7) is 0. The first-order valence-corrected chi connectivity index (χ1v) is 9.43. The van der Waals surface area contributed by atoms with Crippen molar-refractivity contribution in [2.75, 3.05) is 7.11 Å². The van der Waals surface area contributed by atoms with Gasteiger partial charge in [-0.2, -0.15) is 4.68 Å². The van der Waals surface area contributed by atoms with Crippen LogP contribution in [0.2, 0.25) is 5.82 Å². The fourth-order valence-electron chi connectivity index (χ4n) is 3.93. The molecule has 0 amide bonds. The first-order valence-electron chi connectivity index (χ1n) is 9.43. The van der Waals surface area contributed by atoms with Gasteiger partial charge in [0.15, 0.2) is 5.78 Å². The minimum absolute atomic E-state index is 0.0734. The van der Waals surface area contributed by atoms with E-state index in [9.17, 15) is 9.59 Å². The first-order chi connectivity index (χ1) is 13.5. The highest BCUT2D eigenvalue weighted by molar-refractivity contribution is 6.57. The van der Waals surface area contributed by atoms with Crippen LogP contribution in [0, 0.1) is 0 Å². The van der Waals surface area contributed by atoms with Gasteiger partial charge in [0.1, 0.15) is 0 Å². The van der Waals surface area contributed by atoms with Crippen molar-refractivity contribution in [3.05, 3.63) is 78.1 Å². The number of hydrogen-bond donors (Lipinski definition) is 0. The number of carbonyl (C=O) groups is 2. The summed E-state index contributed by atoms with van der Waals surface area (Å²) < 4.78 is 8.81. The smallest absolute Gasteiger partial charge is 0.274 e. The zero-order valence-corrected chi connectivity index (χ0v) is 16.6. The van der Waals surface area contributed by atoms with E-state index >= 15 is 0 Å². The van der Waals surface area contributed by atoms with Crippen molar-refractivity contribution in [2.45, 2.75) is 11.7 Å². The highest BCUT2D eigenvalue weighted by Crippen LogP contribution is 2.33. The number of carbonyl (C=O) groups excluding carboxylic acids is 2. The zero-order chi connectivity index (χ0) is 20.1. The average molecular weight is 377 g/mol. The van der Waals surface area contributed by atoms with Gasteiger partial charge < -0.3 is 4.74 Å². The first kappa shape index (κ1) is 19.5. The molecule has 144 valence electrons. The van der Waals surface area contributed by atoms with Gasteiger partial charge in [-0.05, 0) is 11.4 Å². The van der Waals surface area contributed by atoms with Gasteiger partial charge in [0.2, 0.25) is 0 Å². The standard InChI is InChI=1S/C21H24BN3O3/c1-24-14-23-25(2)21(24)22-18(20(27)28-3)17(15-10-6-4-7-11-15)19(26)16-12-8-5-9-13-16/h4-14,17-18H,22H2,1-3H3/t17-,18-/m0/s1. The molecule has 1 aromatic heterocycles. The number of aryl methyl sites for hydroxylation is 2. The number of ketones is 1. The number of ether oxygens (including phenoxy) is 1. The molecule has 0 aliphatic rings. The topological polar surface area (TPSA) is 65.1 Å². The molecule has 7 heteroatoms. The molecule has 0 N–H and O–H groups in total. The van der Waals surface area contributed by atoms with Crippen molar-refractivity contribution < 1.29 is 18.9 Å². The molecule has 0 spiro atoms. The lowest BCUT2D eigenvalue weighted by Gasteiger charge is -2.28. The highest BCUT2D eigenvalue weighted by atomic mass is 16.5. The quantitative estimate of drug-likeness (QED) is 0.263. The van der Waals surface area contributed by atoms with Crippen molar-refractivity contribution in [3.8, 4) is 0 Å². The summed E-state index contributed by atoms with van der Waals surface area (Å²) >= 11 is 0. The monoisotopic (exact) mass is 377 g/mol. The van der Waals surface area contributed by atoms with Crippen LogP contribution >= 0.6 is 0 Å². The molecule has 28 heavy (non-hydrogen) atoms. The Morgan fingerprint density at radius 2 is 1.68 bits per heavy atom. The molecular weight excluding hydrogens is 353 g/mol. The molecule has 0 saturated carbocycles. The average Bonchev–Trinajstić information content (AvgIpc) is 3.05. The lowest BCUT2D eigenvalue weighted by atomic mass is 9.55. The highest BCUT2D eigenvalue weighted by Gasteiger charge is 2.34. The number of esters is 1. The summed E-state index contributed by atoms with van der Waals surface area (Å²) in [7, 11) is 4.04. The number of rotatable bonds is 7. The molecule has 6 nitrogen and oxygen atoms in total. The number of aromatic nitrogens is 3. The zero-order valence-electron chi connectivity index (χ0n) is 16.6. The Balaban J connectivity index is 2.09. The SMILES string of the molecule is COC(=O)[C@@H]([BH2-]c1n(C)nc[n+]1C)[C@@H](C(=O)c1ccccc1)c1ccccc1. The van der Waals surface area contributed by atoms with Crippen LogP contribution in [0.5, 0.6) is 0 Å². The van der Waals surface area contributed by atoms with Crippen molar-refractivity contribution in [1.82, 2.24) is 9.78 Å². The fourth-order valence-corrected chi connectivity index (χ4v) is 3.93. The molecule has 2 atom stereocenters. The van der Waals surface area contributed by atoms with Crippen LogP contribution in [0.4, 0.5) is 0 Å². The minimum atomic E-state index is -1.09. The summed E-state index contributed by atoms with van der Waals surface area (Å²) in [4.78, 5) is 26.3. The number of methoxy groups -OCH3 is 1. The minimum Gasteiger partial charge on any atom is -0.471 e. The van der Waals surface area contributed by atoms with E-state index in [4.69, 9.17) is 4.74 Å². The van der Waals surface area contributed by atoms with Gasteiger partial charge in [-0.25, -0.2) is 0 Å². The third kappa shape index (κ3) is 4.03. The van der Waals surface area contributed by atoms with E-state index in [1.165, 1.54) is 7.11 Å². The van der Waals surface area contributed by atoms with Gasteiger partial charge in [-0.3, -0.25) is 14.2 Å². The Morgan fingerprint density at radius 1 is 1.07 bits per heavy atom. The van der Waals surface area contributed by atoms with Crippen molar-refractivity contribution in [1.29, 1.82) is 0 Å². The summed E-state index contributed by atoms with van der Waals surface area (Å²) in [6, 6.07) is 18.6. The van der Waals surface area contributed by atoms with Gasteiger partial charge >= 0.3 is 0 Å². The second-order valence-corrected chi connectivity index (χ2v) is 7.13. The fraction of sp³-hybridized carbons (Fsp3) is 0.238. The lowest BCUT2D eigenvalue weighted by Crippen LogP contribution is -2.52. The molecule has 0 aliphatic carbocycles. The van der Waals surface area contributed by atoms with Crippen LogP contribution in [0.1, 0.15) is 21.8 Å². The molecule has 0 radical (unpaired) electrons. The molecule has 2 aromatic carbocycles. The van der Waals surface area contributed by atoms with Crippen LogP contribution in [0.25, 0.3) is 0 Å². The van der Waals surface area contributed by atoms with Crippen molar-refractivity contribution in [3.63, 3.8) is 0 Å². The van der Waals surface area contributed by atoms with Crippen molar-refractivity contribution >= 4 is 24.8 Å². The van der Waals surface area contributed by atoms with E-state index in [1.54, 1.807) is 23.1 Å². The van der Waals surface area contributed by atoms with Crippen LogP contribution in [-0.4, -0.2) is 35.9 Å². The van der Waals surface area contributed by atoms with Gasteiger partial charge in [0.25, 0.3) is 12.3 Å². The molecule has 3 rings (SSSR count). The summed E-state index contributed by atoms with van der Waals surface area (Å²) in [5, 5.41) is 4.26. The van der Waals surface area contributed by atoms with Gasteiger partial charge in [-0.1, -0.05) is 60.7 Å². The van der Waals surface area contributed by atoms with E-state index in [0.29, 0.717) is 5.56 Å². The van der Waals surface area contributed by atoms with Gasteiger partial charge in [-0.15, -0.1) is 0 Å². The van der Waals surface area contributed by atoms with E-state index in [-0.39, 0.29) is 11.8 Å². The second-order valence-electron chi connectivity index (χ2n) is 7.13. The maximum absolute atomic E-state index is 13.5. The van der Waals surface area contributed by atoms with Gasteiger partial charge in [0, 0.05) is 16.6 Å². The number of nitrogens with zero attached hydrogens (tertiary/aromatic N) is 3. The summed E-state index contributed by atoms with van der Waals surface area (Å²) in [5.41, 5.74) is 2.36. The second kappa shape index (κ2) is 8.65. The number of benzene rings is 2. The Labute approximate surface area is 165 Å². The molecule has 0 bridgehead atoms. The molecule has 0 fully saturated rings. The Bertz CT molecular complexity index is 938. The van der Waals surface area contributed by atoms with E-state index in [0.717, 1.165) is 11.3 Å². The van der Waals surface area contributed by atoms with E-state index < -0.39 is 19.0 Å². The lowest BCUT2D eigenvalue weighted by molar-refractivity contribution is -0.654. The van der Waals surface area contributed by atoms with Crippen LogP contribution in [0.3, 0.4) is 0 Å². The Hall–Kier alpha value is -3.22. The Morgan fingerprint density at radius 3 is 2.21 bits per heavy atom. The maximum Gasteiger partial charge on any atom is 0.274 e. The van der Waals surface area contributed by atoms with Crippen LogP contribution in [0.15, 0.2) is 67.0 Å². The molecule has 3 aromatic rings. The number of hydrogen-bond acceptors (Lipinski definition) is 4. The molecule has 0 unspecified atom stereocenters. The largest absolute Gasteiger partial charge is 0.471 e. The van der Waals surface area contributed by atoms with Gasteiger partial charge in [0.05, 0.1) is 34.2 Å². The molecule has 0 aliphatic heterocycles. The summed E-state index contributed by atoms with van der Waals surface area (Å²) in [6.07, 6.45) is 1.71. The van der Waals surface area contributed by atoms with Crippen LogP contribution < -0.4 is 10.3 Å². The molecule has 1 heterocycles. The third-order valence-electron chi connectivity index (χ3n) is 5.52. The van der Waals surface area contributed by atoms with E-state index in [2.05, 4.69) is 5.10 Å². The third-order valence-corrected chi connectivity index (χ3v) is 5.52. The van der Waals surface area contributed by atoms with Crippen molar-refractivity contribution in [2.24, 2.45) is 14.1 Å². The normalized spacial score (nSPS) is 13.0. The predicted octanol–water partition coefficient (Wildman–Crippen LogP) is 0.667. The van der Waals surface area contributed by atoms with Crippen LogP contribution in [-0.2, 0) is 23.6 Å². The Kier molecular flexibility index (Phi) is 6.04. The predicted molar refractivity (Wildman–Crippen MR) is 108 cm³/mol. The van der Waals surface area contributed by atoms with E-state index in [1.807, 2.05) is 67.2 Å². The maximum atomic E-state index is 13.5. The molecular formula is C21H24BN3O3. The molecule has 0 saturated heterocycles. The number of Topliss-reactive ketones (excluding diaryl/α,β-unsaturated/α-hetero) is 1. The summed E-state index contributed by atoms with van der Waals surface area (Å²) in [5.74, 6) is -1.59.